The minimum atomic E-state index is -0.472. The molecule has 0 bridgehead atoms. The van der Waals surface area contributed by atoms with Crippen LogP contribution in [0.2, 0.25) is 0 Å². The first-order valence-corrected chi connectivity index (χ1v) is 8.72. The molecule has 1 atom stereocenters. The van der Waals surface area contributed by atoms with Gasteiger partial charge in [0, 0.05) is 25.8 Å². The lowest BCUT2D eigenvalue weighted by Gasteiger charge is -2.43. The number of likely N-dealkylation sites (N-methyl/N-ethyl adjacent to an activating group) is 2. The molecule has 5 nitrogen and oxygen atoms in total. The summed E-state index contributed by atoms with van der Waals surface area (Å²) in [6, 6.07) is 6.42. The minimum Gasteiger partial charge on any atom is -0.371 e. The van der Waals surface area contributed by atoms with Crippen LogP contribution in [-0.4, -0.2) is 61.9 Å². The lowest BCUT2D eigenvalue weighted by atomic mass is 9.74. The number of nitrogens with two attached hydrogens (primary N) is 1. The molecule has 3 rings (SSSR count). The Hall–Kier alpha value is -2.11. The maximum absolute atomic E-state index is 11.8. The third-order valence-corrected chi connectivity index (χ3v) is 5.22. The number of benzene rings is 1. The van der Waals surface area contributed by atoms with Gasteiger partial charge in [-0.1, -0.05) is 30.4 Å². The second-order valence-corrected chi connectivity index (χ2v) is 7.49. The number of hydrogen-bond donors (Lipinski definition) is 1. The summed E-state index contributed by atoms with van der Waals surface area (Å²) in [5.41, 5.74) is 10.1. The van der Waals surface area contributed by atoms with Gasteiger partial charge in [0.2, 0.25) is 5.91 Å². The molecule has 0 aromatic heterocycles. The molecule has 1 aliphatic carbocycles. The first-order valence-electron chi connectivity index (χ1n) is 8.72. The van der Waals surface area contributed by atoms with Gasteiger partial charge in [-0.2, -0.15) is 0 Å². The van der Waals surface area contributed by atoms with Gasteiger partial charge in [-0.05, 0) is 50.5 Å². The van der Waals surface area contributed by atoms with Crippen molar-refractivity contribution in [2.45, 2.75) is 18.5 Å². The lowest BCUT2D eigenvalue weighted by molar-refractivity contribution is -0.120. The van der Waals surface area contributed by atoms with Gasteiger partial charge in [0.25, 0.3) is 0 Å². The van der Waals surface area contributed by atoms with E-state index in [0.29, 0.717) is 0 Å². The van der Waals surface area contributed by atoms with Crippen LogP contribution in [0.1, 0.15) is 23.1 Å². The lowest BCUT2D eigenvalue weighted by Crippen LogP contribution is -2.45. The van der Waals surface area contributed by atoms with Gasteiger partial charge in [0.05, 0.1) is 12.0 Å². The van der Waals surface area contributed by atoms with E-state index in [9.17, 15) is 4.79 Å². The monoisotopic (exact) mass is 340 g/mol. The number of amides is 1. The van der Waals surface area contributed by atoms with Crippen molar-refractivity contribution in [1.82, 2.24) is 14.7 Å². The summed E-state index contributed by atoms with van der Waals surface area (Å²) in [5, 5.41) is 0. The van der Waals surface area contributed by atoms with E-state index in [1.54, 1.807) is 0 Å². The van der Waals surface area contributed by atoms with Crippen molar-refractivity contribution < 1.29 is 4.79 Å². The van der Waals surface area contributed by atoms with E-state index < -0.39 is 5.54 Å². The van der Waals surface area contributed by atoms with Gasteiger partial charge < -0.3 is 15.5 Å². The summed E-state index contributed by atoms with van der Waals surface area (Å²) < 4.78 is 0. The molecule has 1 amide bonds. The number of nitrogens with zero attached hydrogens (tertiary/aromatic N) is 3. The normalized spacial score (nSPS) is 21.5. The van der Waals surface area contributed by atoms with E-state index in [1.165, 1.54) is 22.3 Å². The standard InChI is InChI=1S/C20H28N4O/c1-22(2)10-11-24-13-15-6-5-7-17-19(15)16(14-24)8-9-20(17,23(3)4)12-18(21)25/h5-9,14H,10-13H2,1-4H3,(H2,21,25). The Labute approximate surface area is 150 Å². The first kappa shape index (κ1) is 17.7. The van der Waals surface area contributed by atoms with Crippen LogP contribution in [0, 0.1) is 0 Å². The fourth-order valence-corrected chi connectivity index (χ4v) is 3.84. The number of carbonyl (C=O) groups excluding carboxylic acids is 1. The summed E-state index contributed by atoms with van der Waals surface area (Å²) >= 11 is 0. The van der Waals surface area contributed by atoms with E-state index in [2.05, 4.69) is 65.3 Å². The summed E-state index contributed by atoms with van der Waals surface area (Å²) in [7, 11) is 8.21. The molecule has 25 heavy (non-hydrogen) atoms. The number of allylic oxidation sites excluding steroid dienone is 2. The van der Waals surface area contributed by atoms with E-state index in [4.69, 9.17) is 5.73 Å². The molecular weight excluding hydrogens is 312 g/mol. The highest BCUT2D eigenvalue weighted by Gasteiger charge is 2.40. The number of rotatable bonds is 6. The molecule has 2 aliphatic rings. The quantitative estimate of drug-likeness (QED) is 0.855. The third-order valence-electron chi connectivity index (χ3n) is 5.22. The van der Waals surface area contributed by atoms with Gasteiger partial charge in [0.15, 0.2) is 0 Å². The molecule has 0 saturated heterocycles. The molecule has 1 aromatic rings. The van der Waals surface area contributed by atoms with E-state index in [-0.39, 0.29) is 12.3 Å². The smallest absolute Gasteiger partial charge is 0.219 e. The predicted molar refractivity (Wildman–Crippen MR) is 102 cm³/mol. The number of primary amides is 1. The predicted octanol–water partition coefficient (Wildman–Crippen LogP) is 1.61. The van der Waals surface area contributed by atoms with Gasteiger partial charge in [0.1, 0.15) is 0 Å². The average Bonchev–Trinajstić information content (AvgIpc) is 2.55. The van der Waals surface area contributed by atoms with Gasteiger partial charge in [-0.15, -0.1) is 0 Å². The molecule has 0 radical (unpaired) electrons. The third kappa shape index (κ3) is 3.22. The van der Waals surface area contributed by atoms with Crippen molar-refractivity contribution in [2.75, 3.05) is 41.3 Å². The Balaban J connectivity index is 2.05. The topological polar surface area (TPSA) is 52.8 Å². The summed E-state index contributed by atoms with van der Waals surface area (Å²) in [4.78, 5) is 18.4. The SMILES string of the molecule is CN(C)CCN1C=C2C=CC(CC(N)=O)(N(C)C)c3cccc(c32)C1. The fourth-order valence-electron chi connectivity index (χ4n) is 3.84. The molecule has 0 saturated carbocycles. The largest absolute Gasteiger partial charge is 0.371 e. The van der Waals surface area contributed by atoms with Crippen LogP contribution >= 0.6 is 0 Å². The van der Waals surface area contributed by atoms with Crippen molar-refractivity contribution >= 4 is 11.5 Å². The van der Waals surface area contributed by atoms with E-state index >= 15 is 0 Å². The highest BCUT2D eigenvalue weighted by molar-refractivity contribution is 5.85. The molecule has 0 fully saturated rings. The summed E-state index contributed by atoms with van der Waals surface area (Å²) in [6.45, 7) is 2.91. The van der Waals surface area contributed by atoms with Crippen LogP contribution in [-0.2, 0) is 16.9 Å². The van der Waals surface area contributed by atoms with E-state index in [1.807, 2.05) is 14.1 Å². The Morgan fingerprint density at radius 1 is 1.28 bits per heavy atom. The van der Waals surface area contributed by atoms with Crippen LogP contribution in [0.3, 0.4) is 0 Å². The zero-order valence-corrected chi connectivity index (χ0v) is 15.6. The Morgan fingerprint density at radius 2 is 2.04 bits per heavy atom. The van der Waals surface area contributed by atoms with Crippen molar-refractivity contribution in [1.29, 1.82) is 0 Å². The second kappa shape index (κ2) is 6.65. The fraction of sp³-hybridized carbons (Fsp3) is 0.450. The van der Waals surface area contributed by atoms with Crippen LogP contribution in [0.25, 0.3) is 5.57 Å². The Morgan fingerprint density at radius 3 is 2.68 bits per heavy atom. The van der Waals surface area contributed by atoms with Crippen molar-refractivity contribution in [3.63, 3.8) is 0 Å². The van der Waals surface area contributed by atoms with E-state index in [0.717, 1.165) is 19.6 Å². The average molecular weight is 340 g/mol. The van der Waals surface area contributed by atoms with Gasteiger partial charge in [-0.25, -0.2) is 0 Å². The molecule has 1 heterocycles. The van der Waals surface area contributed by atoms with Crippen LogP contribution < -0.4 is 5.73 Å². The van der Waals surface area contributed by atoms with Gasteiger partial charge >= 0.3 is 0 Å². The Kier molecular flexibility index (Phi) is 4.71. The molecule has 1 aromatic carbocycles. The van der Waals surface area contributed by atoms with Crippen LogP contribution in [0.5, 0.6) is 0 Å². The number of carbonyl (C=O) groups is 1. The molecule has 5 heteroatoms. The Bertz CT molecular complexity index is 735. The highest BCUT2D eigenvalue weighted by Crippen LogP contribution is 2.44. The maximum Gasteiger partial charge on any atom is 0.219 e. The highest BCUT2D eigenvalue weighted by atomic mass is 16.1. The molecule has 0 spiro atoms. The molecule has 1 aliphatic heterocycles. The van der Waals surface area contributed by atoms with Crippen molar-refractivity contribution in [3.05, 3.63) is 53.2 Å². The van der Waals surface area contributed by atoms with Crippen molar-refractivity contribution in [3.8, 4) is 0 Å². The minimum absolute atomic E-state index is 0.282. The summed E-state index contributed by atoms with van der Waals surface area (Å²) in [6.07, 6.45) is 6.81. The maximum atomic E-state index is 11.8. The van der Waals surface area contributed by atoms with Crippen LogP contribution in [0.4, 0.5) is 0 Å². The second-order valence-electron chi connectivity index (χ2n) is 7.49. The van der Waals surface area contributed by atoms with Crippen LogP contribution in [0.15, 0.2) is 36.6 Å². The zero-order valence-electron chi connectivity index (χ0n) is 15.6. The first-order chi connectivity index (χ1) is 11.8. The molecular formula is C20H28N4O. The van der Waals surface area contributed by atoms with Crippen molar-refractivity contribution in [2.24, 2.45) is 5.73 Å². The number of hydrogen-bond acceptors (Lipinski definition) is 4. The zero-order chi connectivity index (χ0) is 18.2. The molecule has 2 N–H and O–H groups in total. The molecule has 1 unspecified atom stereocenters. The summed E-state index contributed by atoms with van der Waals surface area (Å²) in [5.74, 6) is -0.285. The molecule has 134 valence electrons. The van der Waals surface area contributed by atoms with Gasteiger partial charge in [-0.3, -0.25) is 9.69 Å².